The van der Waals surface area contributed by atoms with Crippen LogP contribution in [-0.2, 0) is 33.4 Å². The number of ether oxygens (including phenoxy) is 1. The zero-order chi connectivity index (χ0) is 25.6. The van der Waals surface area contributed by atoms with Gasteiger partial charge in [-0.2, -0.15) is 0 Å². The third kappa shape index (κ3) is 6.58. The van der Waals surface area contributed by atoms with Gasteiger partial charge in [0.1, 0.15) is 0 Å². The molecule has 3 rings (SSSR count). The molecular formula is C27H35N3O4S. The molecular weight excluding hydrogens is 462 g/mol. The van der Waals surface area contributed by atoms with Crippen molar-refractivity contribution in [2.75, 3.05) is 20.3 Å². The highest BCUT2D eigenvalue weighted by molar-refractivity contribution is 7.90. The van der Waals surface area contributed by atoms with Crippen LogP contribution in [0.1, 0.15) is 46.6 Å². The molecule has 0 spiro atoms. The van der Waals surface area contributed by atoms with E-state index in [4.69, 9.17) is 4.74 Å². The molecule has 0 radical (unpaired) electrons. The molecule has 0 aliphatic carbocycles. The Morgan fingerprint density at radius 3 is 2.34 bits per heavy atom. The standard InChI is InChI=1S/C27H35N3O4S/c1-20(2)17-30-24(16-28-27(30)35(32,33)19-23-12-8-6-10-21(23)3)18-29(14-15-34-5)26(31)25-13-9-7-11-22(25)4/h6-13,16,20H,14-15,17-19H2,1-5H3. The molecule has 0 atom stereocenters. The van der Waals surface area contributed by atoms with Crippen LogP contribution in [0.25, 0.3) is 0 Å². The first-order chi connectivity index (χ1) is 16.6. The third-order valence-corrected chi connectivity index (χ3v) is 7.49. The predicted octanol–water partition coefficient (Wildman–Crippen LogP) is 4.42. The largest absolute Gasteiger partial charge is 0.383 e. The van der Waals surface area contributed by atoms with Crippen LogP contribution in [0.3, 0.4) is 0 Å². The summed E-state index contributed by atoms with van der Waals surface area (Å²) in [6, 6.07) is 14.9. The second kappa shape index (κ2) is 11.6. The van der Waals surface area contributed by atoms with Crippen molar-refractivity contribution in [3.8, 4) is 0 Å². The Kier molecular flexibility index (Phi) is 8.86. The number of methoxy groups -OCH3 is 1. The van der Waals surface area contributed by atoms with Crippen LogP contribution < -0.4 is 0 Å². The maximum absolute atomic E-state index is 13.4. The summed E-state index contributed by atoms with van der Waals surface area (Å²) in [4.78, 5) is 19.5. The fourth-order valence-corrected chi connectivity index (χ4v) is 5.60. The summed E-state index contributed by atoms with van der Waals surface area (Å²) in [5.41, 5.74) is 3.86. The minimum atomic E-state index is -3.70. The summed E-state index contributed by atoms with van der Waals surface area (Å²) in [5, 5.41) is 0.0412. The van der Waals surface area contributed by atoms with E-state index in [1.54, 1.807) is 28.8 Å². The zero-order valence-electron chi connectivity index (χ0n) is 21.2. The monoisotopic (exact) mass is 497 g/mol. The van der Waals surface area contributed by atoms with Gasteiger partial charge in [-0.05, 0) is 42.5 Å². The SMILES string of the molecule is COCCN(Cc1cnc(S(=O)(=O)Cc2ccccc2C)n1CC(C)C)C(=O)c1ccccc1C. The highest BCUT2D eigenvalue weighted by Crippen LogP contribution is 2.22. The minimum Gasteiger partial charge on any atom is -0.383 e. The van der Waals surface area contributed by atoms with Gasteiger partial charge in [0.2, 0.25) is 15.0 Å². The van der Waals surface area contributed by atoms with Gasteiger partial charge < -0.3 is 14.2 Å². The number of aromatic nitrogens is 2. The van der Waals surface area contributed by atoms with Gasteiger partial charge in [-0.15, -0.1) is 0 Å². The van der Waals surface area contributed by atoms with E-state index in [2.05, 4.69) is 4.98 Å². The van der Waals surface area contributed by atoms with Crippen molar-refractivity contribution in [1.29, 1.82) is 0 Å². The van der Waals surface area contributed by atoms with Crippen molar-refractivity contribution < 1.29 is 17.9 Å². The normalized spacial score (nSPS) is 11.7. The zero-order valence-corrected chi connectivity index (χ0v) is 22.0. The molecule has 0 bridgehead atoms. The first-order valence-electron chi connectivity index (χ1n) is 11.8. The molecule has 7 nitrogen and oxygen atoms in total. The van der Waals surface area contributed by atoms with Crippen molar-refractivity contribution in [3.05, 3.63) is 82.7 Å². The van der Waals surface area contributed by atoms with E-state index in [9.17, 15) is 13.2 Å². The Labute approximate surface area is 208 Å². The van der Waals surface area contributed by atoms with Gasteiger partial charge in [-0.3, -0.25) is 4.79 Å². The molecule has 2 aromatic carbocycles. The molecule has 35 heavy (non-hydrogen) atoms. The first kappa shape index (κ1) is 26.6. The Hall–Kier alpha value is -2.97. The molecule has 8 heteroatoms. The van der Waals surface area contributed by atoms with Crippen LogP contribution in [-0.4, -0.2) is 49.0 Å². The van der Waals surface area contributed by atoms with E-state index < -0.39 is 9.84 Å². The van der Waals surface area contributed by atoms with Gasteiger partial charge in [0.05, 0.1) is 30.8 Å². The summed E-state index contributed by atoms with van der Waals surface area (Å²) >= 11 is 0. The van der Waals surface area contributed by atoms with E-state index in [0.29, 0.717) is 31.0 Å². The molecule has 0 unspecified atom stereocenters. The molecule has 1 aromatic heterocycles. The number of rotatable bonds is 11. The molecule has 0 N–H and O–H groups in total. The molecule has 188 valence electrons. The number of carbonyl (C=O) groups is 1. The highest BCUT2D eigenvalue weighted by Gasteiger charge is 2.27. The van der Waals surface area contributed by atoms with E-state index in [1.165, 1.54) is 0 Å². The summed E-state index contributed by atoms with van der Waals surface area (Å²) in [5.74, 6) is -0.0550. The number of benzene rings is 2. The number of hydrogen-bond donors (Lipinski definition) is 0. The molecule has 0 aliphatic heterocycles. The van der Waals surface area contributed by atoms with Gasteiger partial charge in [-0.1, -0.05) is 56.3 Å². The number of carbonyl (C=O) groups excluding carboxylic acids is 1. The number of hydrogen-bond acceptors (Lipinski definition) is 5. The summed E-state index contributed by atoms with van der Waals surface area (Å²) in [6.07, 6.45) is 1.58. The van der Waals surface area contributed by atoms with Gasteiger partial charge in [-0.25, -0.2) is 13.4 Å². The quantitative estimate of drug-likeness (QED) is 0.392. The molecule has 0 saturated carbocycles. The lowest BCUT2D eigenvalue weighted by molar-refractivity contribution is 0.0674. The fraction of sp³-hybridized carbons (Fsp3) is 0.407. The van der Waals surface area contributed by atoms with Crippen molar-refractivity contribution in [2.45, 2.75) is 51.7 Å². The number of sulfone groups is 1. The first-order valence-corrected chi connectivity index (χ1v) is 13.4. The van der Waals surface area contributed by atoms with Crippen LogP contribution in [0.15, 0.2) is 59.9 Å². The molecule has 1 heterocycles. The Balaban J connectivity index is 1.98. The number of aryl methyl sites for hydroxylation is 2. The topological polar surface area (TPSA) is 81.5 Å². The molecule has 1 amide bonds. The molecule has 0 aliphatic rings. The van der Waals surface area contributed by atoms with Crippen molar-refractivity contribution in [2.24, 2.45) is 5.92 Å². The number of imidazole rings is 1. The van der Waals surface area contributed by atoms with Crippen molar-refractivity contribution in [3.63, 3.8) is 0 Å². The Morgan fingerprint density at radius 2 is 1.71 bits per heavy atom. The average molecular weight is 498 g/mol. The van der Waals surface area contributed by atoms with Crippen LogP contribution in [0.5, 0.6) is 0 Å². The van der Waals surface area contributed by atoms with E-state index in [-0.39, 0.29) is 29.3 Å². The van der Waals surface area contributed by atoms with E-state index in [1.807, 2.05) is 70.2 Å². The summed E-state index contributed by atoms with van der Waals surface area (Å²) in [7, 11) is -2.11. The second-order valence-electron chi connectivity index (χ2n) is 9.26. The maximum atomic E-state index is 13.4. The molecule has 3 aromatic rings. The lowest BCUT2D eigenvalue weighted by Gasteiger charge is -2.24. The van der Waals surface area contributed by atoms with Crippen LogP contribution in [0.2, 0.25) is 0 Å². The van der Waals surface area contributed by atoms with Crippen molar-refractivity contribution in [1.82, 2.24) is 14.5 Å². The lowest BCUT2D eigenvalue weighted by Crippen LogP contribution is -2.35. The molecule has 0 saturated heterocycles. The Bertz CT molecular complexity index is 1260. The van der Waals surface area contributed by atoms with Crippen LogP contribution >= 0.6 is 0 Å². The van der Waals surface area contributed by atoms with Gasteiger partial charge in [0.25, 0.3) is 5.91 Å². The lowest BCUT2D eigenvalue weighted by atomic mass is 10.1. The van der Waals surface area contributed by atoms with Crippen LogP contribution in [0.4, 0.5) is 0 Å². The summed E-state index contributed by atoms with van der Waals surface area (Å²) < 4.78 is 33.9. The van der Waals surface area contributed by atoms with E-state index >= 15 is 0 Å². The van der Waals surface area contributed by atoms with Gasteiger partial charge in [0, 0.05) is 25.8 Å². The number of amides is 1. The smallest absolute Gasteiger partial charge is 0.254 e. The Morgan fingerprint density at radius 1 is 1.06 bits per heavy atom. The van der Waals surface area contributed by atoms with Crippen molar-refractivity contribution >= 4 is 15.7 Å². The fourth-order valence-electron chi connectivity index (χ4n) is 4.00. The van der Waals surface area contributed by atoms with Crippen LogP contribution in [0, 0.1) is 19.8 Å². The highest BCUT2D eigenvalue weighted by atomic mass is 32.2. The number of nitrogens with zero attached hydrogens (tertiary/aromatic N) is 3. The second-order valence-corrected chi connectivity index (χ2v) is 11.1. The summed E-state index contributed by atoms with van der Waals surface area (Å²) in [6.45, 7) is 9.33. The van der Waals surface area contributed by atoms with E-state index in [0.717, 1.165) is 16.7 Å². The average Bonchev–Trinajstić information content (AvgIpc) is 3.20. The minimum absolute atomic E-state index is 0.0412. The third-order valence-electron chi connectivity index (χ3n) is 5.92. The molecule has 0 fully saturated rings. The predicted molar refractivity (Wildman–Crippen MR) is 137 cm³/mol. The van der Waals surface area contributed by atoms with Gasteiger partial charge >= 0.3 is 0 Å². The van der Waals surface area contributed by atoms with Gasteiger partial charge in [0.15, 0.2) is 0 Å². The maximum Gasteiger partial charge on any atom is 0.254 e.